The van der Waals surface area contributed by atoms with E-state index in [-0.39, 0.29) is 10.7 Å². The van der Waals surface area contributed by atoms with Crippen LogP contribution in [0.1, 0.15) is 25.8 Å². The van der Waals surface area contributed by atoms with Crippen molar-refractivity contribution < 1.29 is 13.2 Å². The van der Waals surface area contributed by atoms with E-state index in [9.17, 15) is 13.2 Å². The quantitative estimate of drug-likeness (QED) is 0.870. The minimum absolute atomic E-state index is 0.178. The molecule has 1 N–H and O–H groups in total. The summed E-state index contributed by atoms with van der Waals surface area (Å²) in [6, 6.07) is 5.86. The molecule has 0 aliphatic carbocycles. The Morgan fingerprint density at radius 3 is 2.24 bits per heavy atom. The van der Waals surface area contributed by atoms with E-state index in [2.05, 4.69) is 4.72 Å². The number of Topliss-reactive ketones (excluding diaryl/α,β-unsaturated/α-hetero) is 1. The third-order valence-electron chi connectivity index (χ3n) is 2.53. The zero-order valence-electron chi connectivity index (χ0n) is 10.2. The summed E-state index contributed by atoms with van der Waals surface area (Å²) < 4.78 is 26.3. The average molecular weight is 255 g/mol. The third kappa shape index (κ3) is 3.64. The molecule has 0 aromatic heterocycles. The first-order valence-corrected chi connectivity index (χ1v) is 6.94. The predicted molar refractivity (Wildman–Crippen MR) is 66.3 cm³/mol. The lowest BCUT2D eigenvalue weighted by molar-refractivity contribution is -0.118. The second-order valence-corrected chi connectivity index (χ2v) is 5.72. The van der Waals surface area contributed by atoms with Crippen molar-refractivity contribution in [3.63, 3.8) is 0 Å². The number of benzene rings is 1. The van der Waals surface area contributed by atoms with Gasteiger partial charge in [0.15, 0.2) is 0 Å². The SMILES string of the molecule is CC[C@H](NS(=O)(=O)c1ccc(C)cc1)C(C)=O. The monoisotopic (exact) mass is 255 g/mol. The van der Waals surface area contributed by atoms with Crippen molar-refractivity contribution in [2.75, 3.05) is 0 Å². The Hall–Kier alpha value is -1.20. The van der Waals surface area contributed by atoms with Crippen molar-refractivity contribution in [1.82, 2.24) is 4.72 Å². The van der Waals surface area contributed by atoms with E-state index in [0.29, 0.717) is 6.42 Å². The first kappa shape index (κ1) is 13.9. The summed E-state index contributed by atoms with van der Waals surface area (Å²) in [5, 5.41) is 0. The molecule has 0 amide bonds. The predicted octanol–water partition coefficient (Wildman–Crippen LogP) is 1.64. The minimum Gasteiger partial charge on any atom is -0.298 e. The number of sulfonamides is 1. The highest BCUT2D eigenvalue weighted by atomic mass is 32.2. The van der Waals surface area contributed by atoms with Crippen molar-refractivity contribution in [3.05, 3.63) is 29.8 Å². The lowest BCUT2D eigenvalue weighted by Crippen LogP contribution is -2.39. The van der Waals surface area contributed by atoms with Crippen molar-refractivity contribution >= 4 is 15.8 Å². The molecule has 0 radical (unpaired) electrons. The molecular formula is C12H17NO3S. The third-order valence-corrected chi connectivity index (χ3v) is 4.02. The van der Waals surface area contributed by atoms with Crippen LogP contribution in [-0.4, -0.2) is 20.2 Å². The standard InChI is InChI=1S/C12H17NO3S/c1-4-12(10(3)14)13-17(15,16)11-7-5-9(2)6-8-11/h5-8,12-13H,4H2,1-3H3/t12-/m0/s1. The highest BCUT2D eigenvalue weighted by Crippen LogP contribution is 2.11. The molecule has 0 heterocycles. The second-order valence-electron chi connectivity index (χ2n) is 4.01. The fourth-order valence-electron chi connectivity index (χ4n) is 1.43. The van der Waals surface area contributed by atoms with Gasteiger partial charge in [0, 0.05) is 0 Å². The van der Waals surface area contributed by atoms with Crippen molar-refractivity contribution in [2.24, 2.45) is 0 Å². The molecule has 0 bridgehead atoms. The summed E-state index contributed by atoms with van der Waals surface area (Å²) in [6.07, 6.45) is 0.445. The second kappa shape index (κ2) is 5.42. The fourth-order valence-corrected chi connectivity index (χ4v) is 2.76. The van der Waals surface area contributed by atoms with Gasteiger partial charge in [0.1, 0.15) is 5.78 Å². The molecule has 1 aromatic rings. The summed E-state index contributed by atoms with van der Waals surface area (Å²) in [4.78, 5) is 11.4. The van der Waals surface area contributed by atoms with E-state index >= 15 is 0 Å². The maximum absolute atomic E-state index is 12.0. The fraction of sp³-hybridized carbons (Fsp3) is 0.417. The molecule has 0 aliphatic rings. The van der Waals surface area contributed by atoms with Crippen LogP contribution in [0.15, 0.2) is 29.2 Å². The van der Waals surface area contributed by atoms with Gasteiger partial charge in [0.25, 0.3) is 0 Å². The van der Waals surface area contributed by atoms with Crippen LogP contribution in [0, 0.1) is 6.92 Å². The first-order chi connectivity index (χ1) is 7.86. The summed E-state index contributed by atoms with van der Waals surface area (Å²) >= 11 is 0. The van der Waals surface area contributed by atoms with Crippen molar-refractivity contribution in [2.45, 2.75) is 38.1 Å². The Balaban J connectivity index is 2.96. The van der Waals surface area contributed by atoms with Crippen LogP contribution in [0.5, 0.6) is 0 Å². The molecule has 1 rings (SSSR count). The van der Waals surface area contributed by atoms with Gasteiger partial charge in [-0.3, -0.25) is 4.79 Å². The molecule has 0 fully saturated rings. The Kier molecular flexibility index (Phi) is 4.42. The number of hydrogen-bond donors (Lipinski definition) is 1. The van der Waals surface area contributed by atoms with Gasteiger partial charge in [-0.05, 0) is 32.4 Å². The largest absolute Gasteiger partial charge is 0.298 e. The van der Waals surface area contributed by atoms with Crippen LogP contribution < -0.4 is 4.72 Å². The van der Waals surface area contributed by atoms with Gasteiger partial charge >= 0.3 is 0 Å². The van der Waals surface area contributed by atoms with Gasteiger partial charge in [-0.2, -0.15) is 0 Å². The molecule has 1 atom stereocenters. The number of hydrogen-bond acceptors (Lipinski definition) is 3. The van der Waals surface area contributed by atoms with E-state index in [4.69, 9.17) is 0 Å². The lowest BCUT2D eigenvalue weighted by Gasteiger charge is -2.14. The number of nitrogens with one attached hydrogen (secondary N) is 1. The maximum atomic E-state index is 12.0. The number of carbonyl (C=O) groups is 1. The molecule has 94 valence electrons. The van der Waals surface area contributed by atoms with Crippen LogP contribution >= 0.6 is 0 Å². The van der Waals surface area contributed by atoms with E-state index in [1.807, 2.05) is 6.92 Å². The Morgan fingerprint density at radius 2 is 1.82 bits per heavy atom. The average Bonchev–Trinajstić information content (AvgIpc) is 2.26. The molecule has 0 saturated heterocycles. The Bertz CT molecular complexity index is 491. The number of ketones is 1. The zero-order chi connectivity index (χ0) is 13.1. The van der Waals surface area contributed by atoms with Gasteiger partial charge in [0.05, 0.1) is 10.9 Å². The van der Waals surface area contributed by atoms with E-state index in [1.54, 1.807) is 19.1 Å². The van der Waals surface area contributed by atoms with Crippen LogP contribution in [0.2, 0.25) is 0 Å². The zero-order valence-corrected chi connectivity index (χ0v) is 11.0. The van der Waals surface area contributed by atoms with Gasteiger partial charge < -0.3 is 0 Å². The van der Waals surface area contributed by atoms with Gasteiger partial charge in [-0.15, -0.1) is 0 Å². The summed E-state index contributed by atoms with van der Waals surface area (Å²) in [5.41, 5.74) is 0.988. The van der Waals surface area contributed by atoms with Crippen LogP contribution in [0.3, 0.4) is 0 Å². The molecular weight excluding hydrogens is 238 g/mol. The highest BCUT2D eigenvalue weighted by molar-refractivity contribution is 7.89. The molecule has 0 spiro atoms. The van der Waals surface area contributed by atoms with E-state index in [1.165, 1.54) is 19.1 Å². The number of aryl methyl sites for hydroxylation is 1. The van der Waals surface area contributed by atoms with Crippen LogP contribution in [0.25, 0.3) is 0 Å². The van der Waals surface area contributed by atoms with Crippen molar-refractivity contribution in [1.29, 1.82) is 0 Å². The maximum Gasteiger partial charge on any atom is 0.241 e. The smallest absolute Gasteiger partial charge is 0.241 e. The molecule has 0 aliphatic heterocycles. The van der Waals surface area contributed by atoms with E-state index < -0.39 is 16.1 Å². The molecule has 4 nitrogen and oxygen atoms in total. The Morgan fingerprint density at radius 1 is 1.29 bits per heavy atom. The van der Waals surface area contributed by atoms with Crippen LogP contribution in [0.4, 0.5) is 0 Å². The summed E-state index contributed by atoms with van der Waals surface area (Å²) in [7, 11) is -3.60. The van der Waals surface area contributed by atoms with Crippen LogP contribution in [-0.2, 0) is 14.8 Å². The number of rotatable bonds is 5. The van der Waals surface area contributed by atoms with Crippen molar-refractivity contribution in [3.8, 4) is 0 Å². The number of carbonyl (C=O) groups excluding carboxylic acids is 1. The lowest BCUT2D eigenvalue weighted by atomic mass is 10.2. The van der Waals surface area contributed by atoms with E-state index in [0.717, 1.165) is 5.56 Å². The summed E-state index contributed by atoms with van der Waals surface area (Å²) in [6.45, 7) is 5.03. The topological polar surface area (TPSA) is 63.2 Å². The molecule has 17 heavy (non-hydrogen) atoms. The van der Waals surface area contributed by atoms with Gasteiger partial charge in [0.2, 0.25) is 10.0 Å². The minimum atomic E-state index is -3.60. The normalized spacial score (nSPS) is 13.4. The molecule has 0 saturated carbocycles. The molecule has 1 aromatic carbocycles. The highest BCUT2D eigenvalue weighted by Gasteiger charge is 2.21. The Labute approximate surface area is 102 Å². The first-order valence-electron chi connectivity index (χ1n) is 5.46. The van der Waals surface area contributed by atoms with Gasteiger partial charge in [-0.1, -0.05) is 24.6 Å². The molecule has 5 heteroatoms. The summed E-state index contributed by atoms with van der Waals surface area (Å²) in [5.74, 6) is -0.178. The van der Waals surface area contributed by atoms with Gasteiger partial charge in [-0.25, -0.2) is 13.1 Å². The molecule has 0 unspecified atom stereocenters.